The van der Waals surface area contributed by atoms with E-state index in [1.54, 1.807) is 19.1 Å². The van der Waals surface area contributed by atoms with Crippen LogP contribution in [0.2, 0.25) is 0 Å². The summed E-state index contributed by atoms with van der Waals surface area (Å²) in [5.74, 6) is -0.211. The molecule has 3 rings (SSSR count). The van der Waals surface area contributed by atoms with Gasteiger partial charge < -0.3 is 14.0 Å². The van der Waals surface area contributed by atoms with E-state index in [2.05, 4.69) is 0 Å². The van der Waals surface area contributed by atoms with Crippen LogP contribution in [0.1, 0.15) is 49.2 Å². The smallest absolute Gasteiger partial charge is 0.340 e. The van der Waals surface area contributed by atoms with Crippen LogP contribution >= 0.6 is 0 Å². The number of hydrogen-bond acceptors (Lipinski definition) is 4. The number of unbranched alkanes of at least 4 members (excludes halogenated alkanes) is 1. The molecule has 146 valence electrons. The Labute approximate surface area is 164 Å². The first-order chi connectivity index (χ1) is 13.6. The molecule has 0 aliphatic carbocycles. The first-order valence-corrected chi connectivity index (χ1v) is 9.65. The lowest BCUT2D eigenvalue weighted by Gasteiger charge is -2.09. The molecule has 0 fully saturated rings. The van der Waals surface area contributed by atoms with Gasteiger partial charge in [-0.15, -0.1) is 0 Å². The number of fused-ring (bicyclic) bond motifs is 1. The van der Waals surface area contributed by atoms with E-state index in [0.29, 0.717) is 29.7 Å². The molecule has 0 aliphatic heterocycles. The number of benzene rings is 2. The van der Waals surface area contributed by atoms with Crippen LogP contribution < -0.4 is 4.74 Å². The SMILES string of the molecule is CCCCC(=O)Oc1ccc2c(c1)c(C(=O)OCC)c(C)n2-c1ccccc1. The molecule has 0 radical (unpaired) electrons. The van der Waals surface area contributed by atoms with Gasteiger partial charge in [0.25, 0.3) is 0 Å². The van der Waals surface area contributed by atoms with Crippen molar-refractivity contribution in [1.29, 1.82) is 0 Å². The predicted molar refractivity (Wildman–Crippen MR) is 109 cm³/mol. The van der Waals surface area contributed by atoms with E-state index in [9.17, 15) is 9.59 Å². The Balaban J connectivity index is 2.11. The molecule has 0 saturated heterocycles. The van der Waals surface area contributed by atoms with Gasteiger partial charge in [0.15, 0.2) is 0 Å². The van der Waals surface area contributed by atoms with Gasteiger partial charge in [-0.2, -0.15) is 0 Å². The van der Waals surface area contributed by atoms with E-state index >= 15 is 0 Å². The fourth-order valence-corrected chi connectivity index (χ4v) is 3.34. The molecule has 0 spiro atoms. The number of aromatic nitrogens is 1. The number of ether oxygens (including phenoxy) is 2. The number of esters is 2. The first-order valence-electron chi connectivity index (χ1n) is 9.65. The van der Waals surface area contributed by atoms with E-state index in [1.165, 1.54) is 0 Å². The Hall–Kier alpha value is -3.08. The van der Waals surface area contributed by atoms with E-state index in [1.807, 2.05) is 54.8 Å². The van der Waals surface area contributed by atoms with Gasteiger partial charge in [0.1, 0.15) is 5.75 Å². The van der Waals surface area contributed by atoms with Crippen molar-refractivity contribution in [3.63, 3.8) is 0 Å². The highest BCUT2D eigenvalue weighted by Crippen LogP contribution is 2.32. The molecular weight excluding hydrogens is 354 g/mol. The fourth-order valence-electron chi connectivity index (χ4n) is 3.34. The lowest BCUT2D eigenvalue weighted by molar-refractivity contribution is -0.134. The third-order valence-corrected chi connectivity index (χ3v) is 4.64. The second kappa shape index (κ2) is 8.74. The van der Waals surface area contributed by atoms with Gasteiger partial charge >= 0.3 is 11.9 Å². The second-order valence-corrected chi connectivity index (χ2v) is 6.61. The lowest BCUT2D eigenvalue weighted by atomic mass is 10.1. The van der Waals surface area contributed by atoms with Crippen LogP contribution in [0.25, 0.3) is 16.6 Å². The molecule has 0 bridgehead atoms. The monoisotopic (exact) mass is 379 g/mol. The third-order valence-electron chi connectivity index (χ3n) is 4.64. The van der Waals surface area contributed by atoms with Crippen LogP contribution in [0.4, 0.5) is 0 Å². The van der Waals surface area contributed by atoms with Crippen molar-refractivity contribution in [2.24, 2.45) is 0 Å². The van der Waals surface area contributed by atoms with Gasteiger partial charge in [-0.1, -0.05) is 31.5 Å². The summed E-state index contributed by atoms with van der Waals surface area (Å²) in [4.78, 5) is 24.7. The van der Waals surface area contributed by atoms with E-state index < -0.39 is 0 Å². The fraction of sp³-hybridized carbons (Fsp3) is 0.304. The zero-order valence-electron chi connectivity index (χ0n) is 16.5. The zero-order chi connectivity index (χ0) is 20.1. The number of hydrogen-bond donors (Lipinski definition) is 0. The van der Waals surface area contributed by atoms with Crippen LogP contribution in [-0.4, -0.2) is 23.1 Å². The maximum Gasteiger partial charge on any atom is 0.340 e. The molecule has 3 aromatic rings. The number of rotatable bonds is 7. The van der Waals surface area contributed by atoms with Crippen LogP contribution in [0, 0.1) is 6.92 Å². The van der Waals surface area contributed by atoms with E-state index in [-0.39, 0.29) is 11.9 Å². The van der Waals surface area contributed by atoms with Crippen molar-refractivity contribution in [2.45, 2.75) is 40.0 Å². The summed E-state index contributed by atoms with van der Waals surface area (Å²) >= 11 is 0. The molecule has 0 atom stereocenters. The van der Waals surface area contributed by atoms with Gasteiger partial charge in [-0.3, -0.25) is 4.79 Å². The standard InChI is InChI=1S/C23H25NO4/c1-4-6-12-21(25)28-18-13-14-20-19(15-18)22(23(26)27-5-2)16(3)24(20)17-10-8-7-9-11-17/h7-11,13-15H,4-6,12H2,1-3H3. The van der Waals surface area contributed by atoms with Crippen LogP contribution in [0.15, 0.2) is 48.5 Å². The van der Waals surface area contributed by atoms with E-state index in [4.69, 9.17) is 9.47 Å². The summed E-state index contributed by atoms with van der Waals surface area (Å²) in [7, 11) is 0. The molecule has 0 amide bonds. The van der Waals surface area contributed by atoms with Crippen molar-refractivity contribution >= 4 is 22.8 Å². The molecule has 1 aromatic heterocycles. The number of para-hydroxylation sites is 1. The Kier molecular flexibility index (Phi) is 6.14. The van der Waals surface area contributed by atoms with Crippen molar-refractivity contribution < 1.29 is 19.1 Å². The van der Waals surface area contributed by atoms with Crippen molar-refractivity contribution in [1.82, 2.24) is 4.57 Å². The number of carbonyl (C=O) groups is 2. The van der Waals surface area contributed by atoms with Crippen LogP contribution in [0.5, 0.6) is 5.75 Å². The van der Waals surface area contributed by atoms with Crippen molar-refractivity contribution in [3.05, 3.63) is 59.8 Å². The summed E-state index contributed by atoms with van der Waals surface area (Å²) < 4.78 is 12.8. The molecule has 5 heteroatoms. The largest absolute Gasteiger partial charge is 0.462 e. The van der Waals surface area contributed by atoms with Crippen LogP contribution in [-0.2, 0) is 9.53 Å². The zero-order valence-corrected chi connectivity index (χ0v) is 16.5. The highest BCUT2D eigenvalue weighted by Gasteiger charge is 2.22. The minimum absolute atomic E-state index is 0.266. The average molecular weight is 379 g/mol. The molecule has 0 saturated carbocycles. The summed E-state index contributed by atoms with van der Waals surface area (Å²) in [6.07, 6.45) is 2.10. The molecule has 2 aromatic carbocycles. The van der Waals surface area contributed by atoms with Gasteiger partial charge in [0.05, 0.1) is 17.7 Å². The topological polar surface area (TPSA) is 57.5 Å². The molecule has 28 heavy (non-hydrogen) atoms. The van der Waals surface area contributed by atoms with Crippen molar-refractivity contribution in [3.8, 4) is 11.4 Å². The molecular formula is C23H25NO4. The highest BCUT2D eigenvalue weighted by atomic mass is 16.5. The normalized spacial score (nSPS) is 10.8. The Morgan fingerprint density at radius 1 is 1.04 bits per heavy atom. The minimum atomic E-state index is -0.380. The predicted octanol–water partition coefficient (Wildman–Crippen LogP) is 5.21. The molecule has 1 heterocycles. The van der Waals surface area contributed by atoms with Gasteiger partial charge in [-0.25, -0.2) is 4.79 Å². The number of carbonyl (C=O) groups excluding carboxylic acids is 2. The van der Waals surface area contributed by atoms with Gasteiger partial charge in [-0.05, 0) is 50.6 Å². The molecule has 0 N–H and O–H groups in total. The maximum atomic E-state index is 12.7. The number of nitrogens with zero attached hydrogens (tertiary/aromatic N) is 1. The average Bonchev–Trinajstić information content (AvgIpc) is 2.98. The van der Waals surface area contributed by atoms with Gasteiger partial charge in [0.2, 0.25) is 0 Å². The Morgan fingerprint density at radius 3 is 2.46 bits per heavy atom. The maximum absolute atomic E-state index is 12.7. The Bertz CT molecular complexity index is 989. The molecule has 0 unspecified atom stereocenters. The van der Waals surface area contributed by atoms with E-state index in [0.717, 1.165) is 29.7 Å². The van der Waals surface area contributed by atoms with Crippen LogP contribution in [0.3, 0.4) is 0 Å². The third kappa shape index (κ3) is 3.93. The summed E-state index contributed by atoms with van der Waals surface area (Å²) in [6.45, 7) is 6.00. The summed E-state index contributed by atoms with van der Waals surface area (Å²) in [5.41, 5.74) is 3.09. The summed E-state index contributed by atoms with van der Waals surface area (Å²) in [5, 5.41) is 0.709. The molecule has 0 aliphatic rings. The second-order valence-electron chi connectivity index (χ2n) is 6.61. The highest BCUT2D eigenvalue weighted by molar-refractivity contribution is 6.07. The first kappa shape index (κ1) is 19.7. The van der Waals surface area contributed by atoms with Gasteiger partial charge in [0, 0.05) is 23.2 Å². The Morgan fingerprint density at radius 2 is 1.79 bits per heavy atom. The summed E-state index contributed by atoms with van der Waals surface area (Å²) in [6, 6.07) is 15.2. The quantitative estimate of drug-likeness (QED) is 0.418. The molecule has 5 nitrogen and oxygen atoms in total. The lowest BCUT2D eigenvalue weighted by Crippen LogP contribution is -2.08. The minimum Gasteiger partial charge on any atom is -0.462 e. The van der Waals surface area contributed by atoms with Crippen molar-refractivity contribution in [2.75, 3.05) is 6.61 Å².